The molecule has 7 atom stereocenters. The van der Waals surface area contributed by atoms with Gasteiger partial charge in [0.05, 0.1) is 49.2 Å². The maximum Gasteiger partial charge on any atom is 0.322 e. The Morgan fingerprint density at radius 3 is 1.85 bits per heavy atom. The van der Waals surface area contributed by atoms with Gasteiger partial charge in [-0.15, -0.1) is 0 Å². The zero-order valence-electron chi connectivity index (χ0n) is 36.8. The molecule has 0 spiro atoms. The summed E-state index contributed by atoms with van der Waals surface area (Å²) in [7, 11) is 8.32. The van der Waals surface area contributed by atoms with Crippen molar-refractivity contribution in [1.29, 1.82) is 0 Å². The molecule has 318 valence electrons. The highest BCUT2D eigenvalue weighted by molar-refractivity contribution is 5.88. The number of likely N-dealkylation sites (tertiary alicyclic amines) is 1. The summed E-state index contributed by atoms with van der Waals surface area (Å²) in [5.74, 6) is -2.92. The second kappa shape index (κ2) is 29.7. The van der Waals surface area contributed by atoms with Crippen LogP contribution in [-0.4, -0.2) is 135 Å². The van der Waals surface area contributed by atoms with E-state index in [0.717, 1.165) is 12.8 Å². The van der Waals surface area contributed by atoms with Crippen LogP contribution >= 0.6 is 0 Å². The Labute approximate surface area is 333 Å². The van der Waals surface area contributed by atoms with Gasteiger partial charge in [0.25, 0.3) is 0 Å². The molecule has 0 radical (unpaired) electrons. The minimum atomic E-state index is -1.15. The molecule has 0 saturated carbocycles. The van der Waals surface area contributed by atoms with E-state index >= 15 is 0 Å². The van der Waals surface area contributed by atoms with Crippen LogP contribution in [0.25, 0.3) is 0 Å². The molecule has 1 aromatic carbocycles. The molecule has 7 unspecified atom stereocenters. The fourth-order valence-electron chi connectivity index (χ4n) is 6.71. The van der Waals surface area contributed by atoms with Crippen LogP contribution < -0.4 is 10.6 Å². The molecule has 1 heterocycles. The quantitative estimate of drug-likeness (QED) is 0.181. The number of carboxylic acids is 1. The predicted octanol–water partition coefficient (Wildman–Crippen LogP) is 5.25. The summed E-state index contributed by atoms with van der Waals surface area (Å²) in [6, 6.07) is 9.08. The van der Waals surface area contributed by atoms with Gasteiger partial charge in [0, 0.05) is 27.8 Å². The van der Waals surface area contributed by atoms with Crippen molar-refractivity contribution in [3.8, 4) is 0 Å². The molecule has 55 heavy (non-hydrogen) atoms. The van der Waals surface area contributed by atoms with Crippen LogP contribution in [0.1, 0.15) is 100.0 Å². The maximum atomic E-state index is 13.7. The fourth-order valence-corrected chi connectivity index (χ4v) is 6.71. The topological polar surface area (TPSA) is 158 Å². The van der Waals surface area contributed by atoms with Crippen molar-refractivity contribution in [2.45, 2.75) is 132 Å². The summed E-state index contributed by atoms with van der Waals surface area (Å²) in [5.41, 5.74) is 1.32. The van der Waals surface area contributed by atoms with Crippen molar-refractivity contribution in [2.24, 2.45) is 17.8 Å². The minimum absolute atomic E-state index is 0.00774. The maximum absolute atomic E-state index is 13.7. The summed E-state index contributed by atoms with van der Waals surface area (Å²) >= 11 is 0. The predicted molar refractivity (Wildman–Crippen MR) is 221 cm³/mol. The van der Waals surface area contributed by atoms with Crippen LogP contribution in [0.15, 0.2) is 30.3 Å². The third-order valence-corrected chi connectivity index (χ3v) is 9.53. The summed E-state index contributed by atoms with van der Waals surface area (Å²) in [6.45, 7) is 19.7. The van der Waals surface area contributed by atoms with Crippen molar-refractivity contribution in [3.63, 3.8) is 0 Å². The van der Waals surface area contributed by atoms with Gasteiger partial charge in [-0.3, -0.25) is 28.9 Å². The van der Waals surface area contributed by atoms with E-state index in [1.165, 1.54) is 26.2 Å². The number of aliphatic carboxylic acids is 1. The molecule has 0 aromatic heterocycles. The zero-order valence-corrected chi connectivity index (χ0v) is 36.8. The monoisotopic (exact) mass is 780 g/mol. The summed E-state index contributed by atoms with van der Waals surface area (Å²) in [5, 5.41) is 14.1. The van der Waals surface area contributed by atoms with Crippen molar-refractivity contribution in [2.75, 3.05) is 55.0 Å². The highest BCUT2D eigenvalue weighted by Crippen LogP contribution is 2.29. The van der Waals surface area contributed by atoms with E-state index < -0.39 is 42.6 Å². The average molecular weight is 780 g/mol. The lowest BCUT2D eigenvalue weighted by atomic mass is 9.90. The number of hydrogen-bond donors (Lipinski definition) is 3. The smallest absolute Gasteiger partial charge is 0.322 e. The SMILES string of the molecule is CC.CCC.CCC(C)C(C(CC(=O)N1CCCC1C(OC)C(C)C(=O)NCC(=O)O)OC)N(C)C(=O)CNC(=O)C(C(C)C)N(C)C.Cc1ccccc1. The second-order valence-electron chi connectivity index (χ2n) is 14.5. The number of amides is 4. The standard InChI is InChI=1S/C30H55N5O8.C7H8.C3H8.C2H6/c1-11-19(4)27(34(8)24(37)16-31-30(41)26(18(2)3)33(6)7)22(42-9)15-23(36)35-14-12-13-21(35)28(43-10)20(5)29(40)32-17-25(38)39;1-7-5-3-2-4-6-7;1-3-2;1-2/h18-22,26-28H,11-17H2,1-10H3,(H,31,41)(H,32,40)(H,38,39);2-6H,1H3;3H2,1-2H3;1-2H3. The average Bonchev–Trinajstić information content (AvgIpc) is 3.63. The Bertz CT molecular complexity index is 1220. The lowest BCUT2D eigenvalue weighted by Gasteiger charge is -2.39. The Balaban J connectivity index is 0. The largest absolute Gasteiger partial charge is 0.480 e. The number of hydrogen-bond acceptors (Lipinski definition) is 8. The van der Waals surface area contributed by atoms with E-state index in [-0.39, 0.29) is 54.6 Å². The number of nitrogens with zero attached hydrogens (tertiary/aromatic N) is 3. The first-order valence-corrected chi connectivity index (χ1v) is 20.0. The van der Waals surface area contributed by atoms with Crippen LogP contribution in [0.3, 0.4) is 0 Å². The third-order valence-electron chi connectivity index (χ3n) is 9.53. The lowest BCUT2D eigenvalue weighted by molar-refractivity contribution is -0.146. The van der Waals surface area contributed by atoms with Gasteiger partial charge < -0.3 is 35.0 Å². The summed E-state index contributed by atoms with van der Waals surface area (Å²) in [4.78, 5) is 68.4. The van der Waals surface area contributed by atoms with Crippen LogP contribution in [0.4, 0.5) is 0 Å². The molecule has 13 heteroatoms. The van der Waals surface area contributed by atoms with Crippen molar-refractivity contribution in [1.82, 2.24) is 25.3 Å². The molecule has 1 fully saturated rings. The Morgan fingerprint density at radius 1 is 0.891 bits per heavy atom. The first-order valence-electron chi connectivity index (χ1n) is 20.0. The summed E-state index contributed by atoms with van der Waals surface area (Å²) < 4.78 is 11.5. The van der Waals surface area contributed by atoms with Crippen LogP contribution in [0.2, 0.25) is 0 Å². The van der Waals surface area contributed by atoms with Gasteiger partial charge in [-0.2, -0.15) is 0 Å². The van der Waals surface area contributed by atoms with E-state index in [2.05, 4.69) is 43.5 Å². The number of ether oxygens (including phenoxy) is 2. The van der Waals surface area contributed by atoms with Gasteiger partial charge in [0.15, 0.2) is 0 Å². The highest BCUT2D eigenvalue weighted by Gasteiger charge is 2.42. The Kier molecular flexibility index (Phi) is 28.9. The van der Waals surface area contributed by atoms with E-state index in [1.807, 2.05) is 78.7 Å². The van der Waals surface area contributed by atoms with Gasteiger partial charge in [-0.05, 0) is 45.7 Å². The number of carboxylic acid groups (broad SMARTS) is 1. The Hall–Kier alpha value is -3.55. The molecule has 0 bridgehead atoms. The molecule has 1 aliphatic heterocycles. The van der Waals surface area contributed by atoms with E-state index in [1.54, 1.807) is 23.8 Å². The van der Waals surface area contributed by atoms with Crippen molar-refractivity contribution in [3.05, 3.63) is 35.9 Å². The van der Waals surface area contributed by atoms with Gasteiger partial charge in [0.2, 0.25) is 23.6 Å². The van der Waals surface area contributed by atoms with Crippen LogP contribution in [0.5, 0.6) is 0 Å². The van der Waals surface area contributed by atoms with Gasteiger partial charge in [-0.25, -0.2) is 0 Å². The zero-order chi connectivity index (χ0) is 42.8. The number of carbonyl (C=O) groups excluding carboxylic acids is 4. The third kappa shape index (κ3) is 19.2. The molecule has 1 saturated heterocycles. The molecule has 3 N–H and O–H groups in total. The van der Waals surface area contributed by atoms with Crippen molar-refractivity contribution < 1.29 is 38.6 Å². The number of benzene rings is 1. The molecule has 1 aliphatic rings. The number of nitrogens with one attached hydrogen (secondary N) is 2. The number of aryl methyl sites for hydroxylation is 1. The second-order valence-corrected chi connectivity index (χ2v) is 14.5. The number of carbonyl (C=O) groups is 5. The van der Waals surface area contributed by atoms with Crippen LogP contribution in [-0.2, 0) is 33.4 Å². The molecular formula is C42H77N5O8. The Morgan fingerprint density at radius 2 is 1.44 bits per heavy atom. The molecule has 4 amide bonds. The van der Waals surface area contributed by atoms with Gasteiger partial charge in [0.1, 0.15) is 6.54 Å². The van der Waals surface area contributed by atoms with Gasteiger partial charge in [-0.1, -0.05) is 111 Å². The van der Waals surface area contributed by atoms with E-state index in [4.69, 9.17) is 14.6 Å². The fraction of sp³-hybridized carbons (Fsp3) is 0.738. The molecule has 2 rings (SSSR count). The molecular weight excluding hydrogens is 702 g/mol. The normalized spacial score (nSPS) is 16.7. The minimum Gasteiger partial charge on any atom is -0.480 e. The number of rotatable bonds is 18. The molecule has 13 nitrogen and oxygen atoms in total. The molecule has 1 aromatic rings. The van der Waals surface area contributed by atoms with Crippen molar-refractivity contribution >= 4 is 29.6 Å². The number of methoxy groups -OCH3 is 2. The summed E-state index contributed by atoms with van der Waals surface area (Å²) in [6.07, 6.45) is 2.12. The van der Waals surface area contributed by atoms with Crippen LogP contribution in [0, 0.1) is 24.7 Å². The number of likely N-dealkylation sites (N-methyl/N-ethyl adjacent to an activating group) is 2. The first-order chi connectivity index (χ1) is 25.9. The van der Waals surface area contributed by atoms with E-state index in [0.29, 0.717) is 13.0 Å². The highest BCUT2D eigenvalue weighted by atomic mass is 16.5. The lowest BCUT2D eigenvalue weighted by Crippen LogP contribution is -2.55. The van der Waals surface area contributed by atoms with E-state index in [9.17, 15) is 24.0 Å². The first kappa shape index (κ1) is 53.6. The van der Waals surface area contributed by atoms with Gasteiger partial charge >= 0.3 is 5.97 Å². The molecule has 0 aliphatic carbocycles.